The molecular formula is C15H18N4O3. The van der Waals surface area contributed by atoms with Gasteiger partial charge in [-0.3, -0.25) is 9.78 Å². The summed E-state index contributed by atoms with van der Waals surface area (Å²) in [6.07, 6.45) is 2.77. The average Bonchev–Trinajstić information content (AvgIpc) is 2.35. The number of nitrogens with zero attached hydrogens (tertiary/aromatic N) is 3. The highest BCUT2D eigenvalue weighted by Gasteiger charge is 2.35. The normalized spacial score (nSPS) is 15.7. The summed E-state index contributed by atoms with van der Waals surface area (Å²) in [6.45, 7) is 6.44. The molecule has 7 heteroatoms. The van der Waals surface area contributed by atoms with Gasteiger partial charge in [0.2, 0.25) is 0 Å². The standard InChI is InChI=1S/C15H18N4O3/c1-15(2,3)22-14(21)19-7-9(8-19)10-6-11-12(18-13(10)20)17-5-4-16-11/h4-6,9H,7-8H2,1-3H3,(H,17,18,20). The first-order valence-corrected chi connectivity index (χ1v) is 7.15. The van der Waals surface area contributed by atoms with Crippen molar-refractivity contribution in [2.24, 2.45) is 0 Å². The summed E-state index contributed by atoms with van der Waals surface area (Å²) in [7, 11) is 0. The molecule has 22 heavy (non-hydrogen) atoms. The van der Waals surface area contributed by atoms with Gasteiger partial charge in [0.1, 0.15) is 11.1 Å². The van der Waals surface area contributed by atoms with Crippen LogP contribution in [0.15, 0.2) is 23.3 Å². The van der Waals surface area contributed by atoms with Crippen molar-refractivity contribution in [1.29, 1.82) is 0 Å². The van der Waals surface area contributed by atoms with Gasteiger partial charge in [-0.1, -0.05) is 0 Å². The molecule has 0 atom stereocenters. The van der Waals surface area contributed by atoms with Crippen molar-refractivity contribution in [3.8, 4) is 0 Å². The van der Waals surface area contributed by atoms with Crippen molar-refractivity contribution in [3.05, 3.63) is 34.4 Å². The highest BCUT2D eigenvalue weighted by atomic mass is 16.6. The quantitative estimate of drug-likeness (QED) is 0.865. The molecule has 2 aromatic rings. The third-order valence-electron chi connectivity index (χ3n) is 3.49. The number of likely N-dealkylation sites (tertiary alicyclic amines) is 1. The molecule has 3 heterocycles. The van der Waals surface area contributed by atoms with E-state index in [0.717, 1.165) is 0 Å². The molecule has 0 aromatic carbocycles. The molecule has 2 aromatic heterocycles. The molecule has 1 N–H and O–H groups in total. The van der Waals surface area contributed by atoms with E-state index in [-0.39, 0.29) is 17.6 Å². The number of amides is 1. The molecule has 0 unspecified atom stereocenters. The summed E-state index contributed by atoms with van der Waals surface area (Å²) in [6, 6.07) is 1.75. The lowest BCUT2D eigenvalue weighted by molar-refractivity contribution is 0.00809. The van der Waals surface area contributed by atoms with E-state index in [4.69, 9.17) is 4.74 Å². The van der Waals surface area contributed by atoms with Gasteiger partial charge in [-0.2, -0.15) is 0 Å². The molecule has 3 rings (SSSR count). The fourth-order valence-corrected chi connectivity index (χ4v) is 2.40. The maximum absolute atomic E-state index is 12.1. The molecule has 1 aliphatic heterocycles. The molecule has 1 aliphatic rings. The van der Waals surface area contributed by atoms with Crippen molar-refractivity contribution >= 4 is 17.3 Å². The largest absolute Gasteiger partial charge is 0.444 e. The number of hydrogen-bond donors (Lipinski definition) is 1. The first-order valence-electron chi connectivity index (χ1n) is 7.15. The summed E-state index contributed by atoms with van der Waals surface area (Å²) in [5, 5.41) is 0. The lowest BCUT2D eigenvalue weighted by atomic mass is 9.93. The monoisotopic (exact) mass is 302 g/mol. The minimum absolute atomic E-state index is 0.00248. The summed E-state index contributed by atoms with van der Waals surface area (Å²) in [5.41, 5.74) is 1.06. The molecule has 0 radical (unpaired) electrons. The number of hydrogen-bond acceptors (Lipinski definition) is 5. The Morgan fingerprint density at radius 3 is 2.68 bits per heavy atom. The topological polar surface area (TPSA) is 88.2 Å². The Morgan fingerprint density at radius 1 is 1.32 bits per heavy atom. The third-order valence-corrected chi connectivity index (χ3v) is 3.49. The molecule has 1 saturated heterocycles. The number of aromatic nitrogens is 3. The Balaban J connectivity index is 1.74. The van der Waals surface area contributed by atoms with Crippen molar-refractivity contribution in [2.45, 2.75) is 32.3 Å². The SMILES string of the molecule is CC(C)(C)OC(=O)N1CC(c2cc3nccnc3[nH]c2=O)C1. The van der Waals surface area contributed by atoms with Crippen molar-refractivity contribution in [1.82, 2.24) is 19.9 Å². The summed E-state index contributed by atoms with van der Waals surface area (Å²) in [5.74, 6) is 0.00248. The Labute approximate surface area is 127 Å². The fourth-order valence-electron chi connectivity index (χ4n) is 2.40. The molecule has 1 amide bonds. The minimum Gasteiger partial charge on any atom is -0.444 e. The molecule has 0 aliphatic carbocycles. The van der Waals surface area contributed by atoms with E-state index < -0.39 is 5.60 Å². The van der Waals surface area contributed by atoms with Crippen LogP contribution < -0.4 is 5.56 Å². The number of carbonyl (C=O) groups is 1. The van der Waals surface area contributed by atoms with Crippen molar-refractivity contribution in [3.63, 3.8) is 0 Å². The summed E-state index contributed by atoms with van der Waals surface area (Å²) in [4.78, 5) is 36.6. The van der Waals surface area contributed by atoms with E-state index in [2.05, 4.69) is 15.0 Å². The van der Waals surface area contributed by atoms with Crippen LogP contribution in [0.5, 0.6) is 0 Å². The van der Waals surface area contributed by atoms with Crippen LogP contribution in [0.4, 0.5) is 4.79 Å². The predicted octanol–water partition coefficient (Wildman–Crippen LogP) is 1.65. The number of nitrogens with one attached hydrogen (secondary N) is 1. The number of aromatic amines is 1. The highest BCUT2D eigenvalue weighted by molar-refractivity contribution is 5.71. The van der Waals surface area contributed by atoms with Crippen molar-refractivity contribution < 1.29 is 9.53 Å². The number of pyridine rings is 1. The smallest absolute Gasteiger partial charge is 0.410 e. The molecule has 0 bridgehead atoms. The van der Waals surface area contributed by atoms with Gasteiger partial charge >= 0.3 is 6.09 Å². The van der Waals surface area contributed by atoms with Gasteiger partial charge in [-0.05, 0) is 26.8 Å². The van der Waals surface area contributed by atoms with Crippen LogP contribution >= 0.6 is 0 Å². The lowest BCUT2D eigenvalue weighted by Gasteiger charge is -2.39. The second-order valence-electron chi connectivity index (χ2n) is 6.43. The summed E-state index contributed by atoms with van der Waals surface area (Å²) >= 11 is 0. The molecule has 7 nitrogen and oxygen atoms in total. The maximum atomic E-state index is 12.1. The number of H-pyrrole nitrogens is 1. The van der Waals surface area contributed by atoms with Gasteiger partial charge < -0.3 is 14.6 Å². The Hall–Kier alpha value is -2.44. The first-order chi connectivity index (χ1) is 10.3. The molecule has 1 fully saturated rings. The molecule has 0 saturated carbocycles. The van der Waals surface area contributed by atoms with Crippen LogP contribution in [0.3, 0.4) is 0 Å². The van der Waals surface area contributed by atoms with E-state index in [9.17, 15) is 9.59 Å². The molecule has 116 valence electrons. The number of rotatable bonds is 1. The Kier molecular flexibility index (Phi) is 3.35. The fraction of sp³-hybridized carbons (Fsp3) is 0.467. The first kappa shape index (κ1) is 14.5. The van der Waals surface area contributed by atoms with Gasteiger partial charge in [-0.15, -0.1) is 0 Å². The van der Waals surface area contributed by atoms with Crippen LogP contribution in [0.2, 0.25) is 0 Å². The van der Waals surface area contributed by atoms with Gasteiger partial charge in [0.05, 0.1) is 0 Å². The molecular weight excluding hydrogens is 284 g/mol. The second-order valence-corrected chi connectivity index (χ2v) is 6.43. The third kappa shape index (κ3) is 2.79. The Bertz CT molecular complexity index is 772. The lowest BCUT2D eigenvalue weighted by Crippen LogP contribution is -2.51. The van der Waals surface area contributed by atoms with Gasteiger partial charge in [-0.25, -0.2) is 9.78 Å². The zero-order valence-electron chi connectivity index (χ0n) is 12.8. The number of carbonyl (C=O) groups excluding carboxylic acids is 1. The van der Waals surface area contributed by atoms with E-state index in [1.165, 1.54) is 6.20 Å². The Morgan fingerprint density at radius 2 is 2.00 bits per heavy atom. The average molecular weight is 302 g/mol. The van der Waals surface area contributed by atoms with Gasteiger partial charge in [0.25, 0.3) is 5.56 Å². The zero-order valence-corrected chi connectivity index (χ0v) is 12.8. The highest BCUT2D eigenvalue weighted by Crippen LogP contribution is 2.27. The van der Waals surface area contributed by atoms with Crippen molar-refractivity contribution in [2.75, 3.05) is 13.1 Å². The van der Waals surface area contributed by atoms with E-state index in [0.29, 0.717) is 29.8 Å². The van der Waals surface area contributed by atoms with Gasteiger partial charge in [0.15, 0.2) is 5.65 Å². The summed E-state index contributed by atoms with van der Waals surface area (Å²) < 4.78 is 5.31. The van der Waals surface area contributed by atoms with E-state index >= 15 is 0 Å². The van der Waals surface area contributed by atoms with Gasteiger partial charge in [0, 0.05) is 37.0 Å². The molecule has 0 spiro atoms. The van der Waals surface area contributed by atoms with Crippen LogP contribution in [0.1, 0.15) is 32.3 Å². The predicted molar refractivity (Wildman–Crippen MR) is 80.7 cm³/mol. The van der Waals surface area contributed by atoms with Crippen LogP contribution in [0.25, 0.3) is 11.2 Å². The number of fused-ring (bicyclic) bond motifs is 1. The van der Waals surface area contributed by atoms with Crippen LogP contribution in [-0.2, 0) is 4.74 Å². The maximum Gasteiger partial charge on any atom is 0.410 e. The van der Waals surface area contributed by atoms with Crippen LogP contribution in [-0.4, -0.2) is 44.6 Å². The van der Waals surface area contributed by atoms with E-state index in [1.807, 2.05) is 20.8 Å². The second kappa shape index (κ2) is 5.08. The van der Waals surface area contributed by atoms with Crippen LogP contribution in [0, 0.1) is 0 Å². The van der Waals surface area contributed by atoms with E-state index in [1.54, 1.807) is 17.2 Å². The zero-order chi connectivity index (χ0) is 15.9. The minimum atomic E-state index is -0.516. The number of ether oxygens (including phenoxy) is 1.